The Morgan fingerprint density at radius 2 is 1.61 bits per heavy atom. The van der Waals surface area contributed by atoms with Crippen molar-refractivity contribution in [1.82, 2.24) is 0 Å². The molecule has 0 radical (unpaired) electrons. The van der Waals surface area contributed by atoms with Crippen LogP contribution in [-0.4, -0.2) is 35.4 Å². The molecule has 98 valence electrons. The van der Waals surface area contributed by atoms with Crippen molar-refractivity contribution < 1.29 is 29.3 Å². The summed E-state index contributed by atoms with van der Waals surface area (Å²) in [5.41, 5.74) is 1.34. The van der Waals surface area contributed by atoms with Crippen LogP contribution in [0.4, 0.5) is 0 Å². The lowest BCUT2D eigenvalue weighted by Crippen LogP contribution is -2.13. The molecule has 0 spiro atoms. The van der Waals surface area contributed by atoms with Crippen molar-refractivity contribution in [1.29, 1.82) is 0 Å². The highest BCUT2D eigenvalue weighted by atomic mass is 16.5. The van der Waals surface area contributed by atoms with Crippen molar-refractivity contribution in [3.05, 3.63) is 23.3 Å². The molecule has 0 saturated carbocycles. The van der Waals surface area contributed by atoms with E-state index in [9.17, 15) is 9.59 Å². The van der Waals surface area contributed by atoms with E-state index in [0.717, 1.165) is 5.56 Å². The van der Waals surface area contributed by atoms with Crippen LogP contribution in [0, 0.1) is 13.8 Å². The van der Waals surface area contributed by atoms with Crippen LogP contribution in [0.2, 0.25) is 0 Å². The van der Waals surface area contributed by atoms with Gasteiger partial charge in [-0.15, -0.1) is 0 Å². The molecule has 0 amide bonds. The average Bonchev–Trinajstić information content (AvgIpc) is 2.27. The molecular weight excluding hydrogens is 240 g/mol. The Bertz CT molecular complexity index is 466. The van der Waals surface area contributed by atoms with Crippen molar-refractivity contribution in [2.24, 2.45) is 0 Å². The van der Waals surface area contributed by atoms with Gasteiger partial charge < -0.3 is 19.7 Å². The largest absolute Gasteiger partial charge is 0.481 e. The Balaban J connectivity index is 2.91. The average molecular weight is 254 g/mol. The molecule has 1 aromatic rings. The highest BCUT2D eigenvalue weighted by molar-refractivity contribution is 5.69. The summed E-state index contributed by atoms with van der Waals surface area (Å²) in [7, 11) is 0. The van der Waals surface area contributed by atoms with Crippen molar-refractivity contribution in [3.63, 3.8) is 0 Å². The first-order valence-electron chi connectivity index (χ1n) is 5.21. The maximum atomic E-state index is 10.5. The molecule has 2 N–H and O–H groups in total. The summed E-state index contributed by atoms with van der Waals surface area (Å²) in [6, 6.07) is 3.31. The molecule has 0 unspecified atom stereocenters. The van der Waals surface area contributed by atoms with Gasteiger partial charge in [-0.25, -0.2) is 9.59 Å². The number of aliphatic carboxylic acids is 2. The van der Waals surface area contributed by atoms with E-state index in [0.29, 0.717) is 17.1 Å². The molecule has 0 saturated heterocycles. The van der Waals surface area contributed by atoms with Gasteiger partial charge in [0.1, 0.15) is 11.5 Å². The van der Waals surface area contributed by atoms with Crippen LogP contribution in [0.1, 0.15) is 11.1 Å². The number of carboxylic acid groups (broad SMARTS) is 2. The monoisotopic (exact) mass is 254 g/mol. The van der Waals surface area contributed by atoms with Crippen LogP contribution in [0.15, 0.2) is 12.1 Å². The van der Waals surface area contributed by atoms with Gasteiger partial charge in [-0.2, -0.15) is 0 Å². The SMILES string of the molecule is Cc1ccc(OCC(=O)O)c(C)c1OCC(=O)O. The highest BCUT2D eigenvalue weighted by Crippen LogP contribution is 2.31. The summed E-state index contributed by atoms with van der Waals surface area (Å²) < 4.78 is 10.2. The fourth-order valence-electron chi connectivity index (χ4n) is 1.46. The lowest BCUT2D eigenvalue weighted by Gasteiger charge is -2.14. The van der Waals surface area contributed by atoms with E-state index in [2.05, 4.69) is 0 Å². The summed E-state index contributed by atoms with van der Waals surface area (Å²) in [4.78, 5) is 20.9. The van der Waals surface area contributed by atoms with Gasteiger partial charge in [0.2, 0.25) is 0 Å². The van der Waals surface area contributed by atoms with Gasteiger partial charge in [0, 0.05) is 5.56 Å². The normalized spacial score (nSPS) is 9.89. The van der Waals surface area contributed by atoms with Gasteiger partial charge in [0.15, 0.2) is 13.2 Å². The van der Waals surface area contributed by atoms with Gasteiger partial charge in [-0.1, -0.05) is 6.07 Å². The molecule has 0 atom stereocenters. The number of hydrogen-bond donors (Lipinski definition) is 2. The van der Waals surface area contributed by atoms with E-state index >= 15 is 0 Å². The standard InChI is InChI=1S/C12H14O6/c1-7-3-4-9(17-5-10(13)14)8(2)12(7)18-6-11(15)16/h3-4H,5-6H2,1-2H3,(H,13,14)(H,15,16). The maximum Gasteiger partial charge on any atom is 0.341 e. The molecule has 0 bridgehead atoms. The second-order valence-corrected chi connectivity index (χ2v) is 3.70. The number of carboxylic acids is 2. The fourth-order valence-corrected chi connectivity index (χ4v) is 1.46. The van der Waals surface area contributed by atoms with Crippen LogP contribution < -0.4 is 9.47 Å². The minimum absolute atomic E-state index is 0.364. The van der Waals surface area contributed by atoms with Gasteiger partial charge >= 0.3 is 11.9 Å². The number of aryl methyl sites for hydroxylation is 1. The first kappa shape index (κ1) is 13.8. The van der Waals surface area contributed by atoms with Gasteiger partial charge in [0.05, 0.1) is 0 Å². The molecule has 0 aliphatic carbocycles. The molecule has 0 fully saturated rings. The predicted molar refractivity (Wildman–Crippen MR) is 62.2 cm³/mol. The molecule has 0 aliphatic rings. The van der Waals surface area contributed by atoms with E-state index in [1.165, 1.54) is 0 Å². The van der Waals surface area contributed by atoms with Crippen molar-refractivity contribution in [2.45, 2.75) is 13.8 Å². The van der Waals surface area contributed by atoms with Crippen molar-refractivity contribution in [3.8, 4) is 11.5 Å². The zero-order valence-corrected chi connectivity index (χ0v) is 10.1. The molecule has 18 heavy (non-hydrogen) atoms. The molecule has 0 heterocycles. The summed E-state index contributed by atoms with van der Waals surface area (Å²) >= 11 is 0. The Labute approximate surface area is 104 Å². The third-order valence-electron chi connectivity index (χ3n) is 2.24. The van der Waals surface area contributed by atoms with E-state index in [-0.39, 0.29) is 0 Å². The third-order valence-corrected chi connectivity index (χ3v) is 2.24. The van der Waals surface area contributed by atoms with E-state index in [1.807, 2.05) is 0 Å². The van der Waals surface area contributed by atoms with Gasteiger partial charge in [-0.3, -0.25) is 0 Å². The summed E-state index contributed by atoms with van der Waals surface area (Å²) in [6.07, 6.45) is 0. The third kappa shape index (κ3) is 3.65. The maximum absolute atomic E-state index is 10.5. The Morgan fingerprint density at radius 1 is 1.06 bits per heavy atom. The second kappa shape index (κ2) is 5.90. The van der Waals surface area contributed by atoms with Crippen LogP contribution in [0.3, 0.4) is 0 Å². The fraction of sp³-hybridized carbons (Fsp3) is 0.333. The summed E-state index contributed by atoms with van der Waals surface area (Å²) in [6.45, 7) is 2.54. The molecule has 6 heteroatoms. The lowest BCUT2D eigenvalue weighted by atomic mass is 10.1. The Morgan fingerprint density at radius 3 is 2.17 bits per heavy atom. The van der Waals surface area contributed by atoms with Crippen LogP contribution >= 0.6 is 0 Å². The van der Waals surface area contributed by atoms with Gasteiger partial charge in [0.25, 0.3) is 0 Å². The molecule has 0 aliphatic heterocycles. The highest BCUT2D eigenvalue weighted by Gasteiger charge is 2.12. The smallest absolute Gasteiger partial charge is 0.341 e. The van der Waals surface area contributed by atoms with Crippen molar-refractivity contribution >= 4 is 11.9 Å². The number of benzene rings is 1. The molecule has 1 rings (SSSR count). The molecule has 6 nitrogen and oxygen atoms in total. The van der Waals surface area contributed by atoms with Crippen molar-refractivity contribution in [2.75, 3.05) is 13.2 Å². The lowest BCUT2D eigenvalue weighted by molar-refractivity contribution is -0.140. The minimum Gasteiger partial charge on any atom is -0.481 e. The first-order chi connectivity index (χ1) is 8.41. The summed E-state index contributed by atoms with van der Waals surface area (Å²) in [5.74, 6) is -1.39. The van der Waals surface area contributed by atoms with Crippen LogP contribution in [0.25, 0.3) is 0 Å². The van der Waals surface area contributed by atoms with Crippen LogP contribution in [-0.2, 0) is 9.59 Å². The number of hydrogen-bond acceptors (Lipinski definition) is 4. The second-order valence-electron chi connectivity index (χ2n) is 3.70. The zero-order chi connectivity index (χ0) is 13.7. The topological polar surface area (TPSA) is 93.1 Å². The quantitative estimate of drug-likeness (QED) is 0.793. The van der Waals surface area contributed by atoms with E-state index in [1.54, 1.807) is 26.0 Å². The van der Waals surface area contributed by atoms with Crippen LogP contribution in [0.5, 0.6) is 11.5 Å². The molecule has 0 aromatic heterocycles. The van der Waals surface area contributed by atoms with E-state index in [4.69, 9.17) is 19.7 Å². The zero-order valence-electron chi connectivity index (χ0n) is 10.1. The Hall–Kier alpha value is -2.24. The number of rotatable bonds is 6. The number of ether oxygens (including phenoxy) is 2. The molecular formula is C12H14O6. The minimum atomic E-state index is -1.08. The summed E-state index contributed by atoms with van der Waals surface area (Å²) in [5, 5.41) is 17.1. The number of carbonyl (C=O) groups is 2. The first-order valence-corrected chi connectivity index (χ1v) is 5.21. The molecule has 1 aromatic carbocycles. The Kier molecular flexibility index (Phi) is 4.53. The van der Waals surface area contributed by atoms with Gasteiger partial charge in [-0.05, 0) is 25.5 Å². The predicted octanol–water partition coefficient (Wildman–Crippen LogP) is 1.23. The van der Waals surface area contributed by atoms with E-state index < -0.39 is 25.2 Å².